The Morgan fingerprint density at radius 2 is 1.69 bits per heavy atom. The molecule has 16 heavy (non-hydrogen) atoms. The third kappa shape index (κ3) is 3.49. The quantitative estimate of drug-likeness (QED) is 0.482. The van der Waals surface area contributed by atoms with Gasteiger partial charge in [-0.05, 0) is 23.7 Å². The average Bonchev–Trinajstić information content (AvgIpc) is 2.17. The summed E-state index contributed by atoms with van der Waals surface area (Å²) in [7, 11) is -1.51. The van der Waals surface area contributed by atoms with Crippen LogP contribution in [0.4, 0.5) is 0 Å². The summed E-state index contributed by atoms with van der Waals surface area (Å²) in [5, 5.41) is 8.03. The van der Waals surface area contributed by atoms with E-state index >= 15 is 0 Å². The lowest BCUT2D eigenvalue weighted by atomic mass is 10.2. The predicted octanol–water partition coefficient (Wildman–Crippen LogP) is 3.62. The van der Waals surface area contributed by atoms with Gasteiger partial charge >= 0.3 is 0 Å². The summed E-state index contributed by atoms with van der Waals surface area (Å²) in [5.41, 5.74) is 1.13. The van der Waals surface area contributed by atoms with Crippen molar-refractivity contribution in [1.29, 1.82) is 0 Å². The summed E-state index contributed by atoms with van der Waals surface area (Å²) >= 11 is 0. The van der Waals surface area contributed by atoms with Gasteiger partial charge in [-0.15, -0.1) is 0 Å². The Bertz CT molecular complexity index is 350. The minimum Gasteiger partial charge on any atom is -0.336 e. The molecule has 88 valence electrons. The molecule has 0 aliphatic rings. The van der Waals surface area contributed by atoms with Gasteiger partial charge in [0.2, 0.25) is 0 Å². The average molecular weight is 234 g/mol. The molecule has 0 aromatic heterocycles. The van der Waals surface area contributed by atoms with Crippen LogP contribution in [0.3, 0.4) is 0 Å². The molecule has 0 spiro atoms. The number of hydrazone groups is 1. The summed E-state index contributed by atoms with van der Waals surface area (Å²) in [4.78, 5) is 0. The summed E-state index contributed by atoms with van der Waals surface area (Å²) in [6.45, 7) is 11.4. The van der Waals surface area contributed by atoms with Crippen molar-refractivity contribution in [2.75, 3.05) is 0 Å². The van der Waals surface area contributed by atoms with Crippen molar-refractivity contribution >= 4 is 14.5 Å². The lowest BCUT2D eigenvalue weighted by Crippen LogP contribution is -2.49. The molecular formula is C13H22N2Si. The highest BCUT2D eigenvalue weighted by Crippen LogP contribution is 2.33. The van der Waals surface area contributed by atoms with Gasteiger partial charge in [-0.25, -0.2) is 0 Å². The molecule has 2 nitrogen and oxygen atoms in total. The van der Waals surface area contributed by atoms with Crippen LogP contribution in [0.15, 0.2) is 35.4 Å². The fraction of sp³-hybridized carbons (Fsp3) is 0.462. The van der Waals surface area contributed by atoms with Crippen molar-refractivity contribution in [3.8, 4) is 0 Å². The van der Waals surface area contributed by atoms with Crippen LogP contribution in [0.2, 0.25) is 18.1 Å². The monoisotopic (exact) mass is 234 g/mol. The molecule has 0 bridgehead atoms. The molecule has 0 fully saturated rings. The van der Waals surface area contributed by atoms with E-state index in [0.717, 1.165) is 5.56 Å². The molecule has 0 amide bonds. The Labute approximate surface area is 99.9 Å². The van der Waals surface area contributed by atoms with Crippen LogP contribution >= 0.6 is 0 Å². The predicted molar refractivity (Wildman–Crippen MR) is 74.4 cm³/mol. The summed E-state index contributed by atoms with van der Waals surface area (Å²) in [6, 6.07) is 10.2. The Morgan fingerprint density at radius 3 is 2.19 bits per heavy atom. The number of nitrogens with zero attached hydrogens (tertiary/aromatic N) is 1. The van der Waals surface area contributed by atoms with Crippen LogP contribution < -0.4 is 5.09 Å². The van der Waals surface area contributed by atoms with Gasteiger partial charge in [0.05, 0.1) is 6.21 Å². The first-order valence-corrected chi connectivity index (χ1v) is 8.68. The van der Waals surface area contributed by atoms with Gasteiger partial charge in [0.15, 0.2) is 8.24 Å². The maximum Gasteiger partial charge on any atom is 0.173 e. The van der Waals surface area contributed by atoms with E-state index < -0.39 is 8.24 Å². The highest BCUT2D eigenvalue weighted by atomic mass is 28.3. The molecule has 0 saturated heterocycles. The van der Waals surface area contributed by atoms with Gasteiger partial charge in [0.1, 0.15) is 0 Å². The van der Waals surface area contributed by atoms with E-state index in [-0.39, 0.29) is 0 Å². The fourth-order valence-electron chi connectivity index (χ4n) is 0.975. The first-order valence-electron chi connectivity index (χ1n) is 5.68. The Hall–Kier alpha value is -1.09. The van der Waals surface area contributed by atoms with Gasteiger partial charge in [-0.1, -0.05) is 51.1 Å². The molecule has 1 aromatic carbocycles. The molecule has 0 aliphatic heterocycles. The maximum atomic E-state index is 4.37. The first kappa shape index (κ1) is 13.0. The molecule has 0 radical (unpaired) electrons. The van der Waals surface area contributed by atoms with Crippen molar-refractivity contribution in [2.45, 2.75) is 38.9 Å². The minimum absolute atomic E-state index is 0.307. The van der Waals surface area contributed by atoms with Gasteiger partial charge in [0, 0.05) is 0 Å². The molecule has 0 unspecified atom stereocenters. The zero-order valence-corrected chi connectivity index (χ0v) is 11.9. The largest absolute Gasteiger partial charge is 0.336 e. The van der Waals surface area contributed by atoms with E-state index in [0.29, 0.717) is 5.04 Å². The van der Waals surface area contributed by atoms with Crippen LogP contribution in [0.5, 0.6) is 0 Å². The van der Waals surface area contributed by atoms with Crippen LogP contribution in [-0.2, 0) is 0 Å². The molecule has 1 aromatic rings. The summed E-state index contributed by atoms with van der Waals surface area (Å²) < 4.78 is 0. The molecule has 1 rings (SSSR count). The number of benzene rings is 1. The van der Waals surface area contributed by atoms with E-state index in [2.05, 4.69) is 56.2 Å². The van der Waals surface area contributed by atoms with E-state index in [1.807, 2.05) is 24.4 Å². The van der Waals surface area contributed by atoms with Crippen LogP contribution in [0, 0.1) is 0 Å². The van der Waals surface area contributed by atoms with Crippen molar-refractivity contribution in [3.05, 3.63) is 35.9 Å². The SMILES string of the molecule is CC(C)(C)[Si](C)(C)N/N=C\c1ccccc1. The maximum absolute atomic E-state index is 4.37. The molecule has 0 aliphatic carbocycles. The van der Waals surface area contributed by atoms with Crippen LogP contribution in [0.25, 0.3) is 0 Å². The summed E-state index contributed by atoms with van der Waals surface area (Å²) in [5.74, 6) is 0. The number of hydrogen-bond acceptors (Lipinski definition) is 2. The van der Waals surface area contributed by atoms with E-state index in [4.69, 9.17) is 0 Å². The van der Waals surface area contributed by atoms with E-state index in [1.54, 1.807) is 0 Å². The molecular weight excluding hydrogens is 212 g/mol. The third-order valence-electron chi connectivity index (χ3n) is 3.23. The number of hydrogen-bond donors (Lipinski definition) is 1. The Balaban J connectivity index is 2.62. The van der Waals surface area contributed by atoms with Crippen molar-refractivity contribution in [2.24, 2.45) is 5.10 Å². The third-order valence-corrected chi connectivity index (χ3v) is 7.67. The Kier molecular flexibility index (Phi) is 3.91. The lowest BCUT2D eigenvalue weighted by Gasteiger charge is -2.35. The fourth-order valence-corrected chi connectivity index (χ4v) is 1.70. The van der Waals surface area contributed by atoms with Crippen molar-refractivity contribution < 1.29 is 0 Å². The normalized spacial score (nSPS) is 13.1. The molecule has 1 N–H and O–H groups in total. The standard InChI is InChI=1S/C13H22N2Si/c1-13(2,3)16(4,5)15-14-11-12-9-7-6-8-10-12/h6-11,15H,1-5H3/b14-11-. The molecule has 3 heteroatoms. The van der Waals surface area contributed by atoms with Gasteiger partial charge in [0.25, 0.3) is 0 Å². The topological polar surface area (TPSA) is 24.4 Å². The molecule has 0 atom stereocenters. The zero-order valence-electron chi connectivity index (χ0n) is 10.9. The molecule has 0 heterocycles. The van der Waals surface area contributed by atoms with Gasteiger partial charge in [-0.2, -0.15) is 5.10 Å². The van der Waals surface area contributed by atoms with Crippen LogP contribution in [0.1, 0.15) is 26.3 Å². The smallest absolute Gasteiger partial charge is 0.173 e. The Morgan fingerprint density at radius 1 is 1.12 bits per heavy atom. The second-order valence-electron chi connectivity index (χ2n) is 5.66. The second kappa shape index (κ2) is 4.83. The second-order valence-corrected chi connectivity index (χ2v) is 10.6. The lowest BCUT2D eigenvalue weighted by molar-refractivity contribution is 0.693. The van der Waals surface area contributed by atoms with E-state index in [1.165, 1.54) is 0 Å². The van der Waals surface area contributed by atoms with Crippen molar-refractivity contribution in [1.82, 2.24) is 5.09 Å². The number of rotatable bonds is 3. The highest BCUT2D eigenvalue weighted by Gasteiger charge is 2.35. The van der Waals surface area contributed by atoms with Crippen molar-refractivity contribution in [3.63, 3.8) is 0 Å². The van der Waals surface area contributed by atoms with Gasteiger partial charge in [-0.3, -0.25) is 0 Å². The zero-order chi connectivity index (χ0) is 12.2. The summed E-state index contributed by atoms with van der Waals surface area (Å²) in [6.07, 6.45) is 1.89. The molecule has 0 saturated carbocycles. The highest BCUT2D eigenvalue weighted by molar-refractivity contribution is 6.77. The first-order chi connectivity index (χ1) is 7.33. The number of nitrogens with one attached hydrogen (secondary N) is 1. The van der Waals surface area contributed by atoms with Crippen LogP contribution in [-0.4, -0.2) is 14.5 Å². The van der Waals surface area contributed by atoms with Gasteiger partial charge < -0.3 is 5.09 Å². The van der Waals surface area contributed by atoms with E-state index in [9.17, 15) is 0 Å². The minimum atomic E-state index is -1.51.